The molecule has 29 heavy (non-hydrogen) atoms. The Kier molecular flexibility index (Phi) is 4.82. The summed E-state index contributed by atoms with van der Waals surface area (Å²) in [5, 5.41) is 0. The van der Waals surface area contributed by atoms with Crippen LogP contribution >= 0.6 is 0 Å². The van der Waals surface area contributed by atoms with Gasteiger partial charge in [-0.15, -0.1) is 0 Å². The summed E-state index contributed by atoms with van der Waals surface area (Å²) in [6, 6.07) is 17.2. The van der Waals surface area contributed by atoms with Gasteiger partial charge in [-0.3, -0.25) is 4.79 Å². The van der Waals surface area contributed by atoms with Gasteiger partial charge in [-0.1, -0.05) is 18.2 Å². The van der Waals surface area contributed by atoms with Crippen LogP contribution in [-0.4, -0.2) is 56.7 Å². The van der Waals surface area contributed by atoms with E-state index in [9.17, 15) is 4.79 Å². The number of carbonyl (C=O) groups excluding carboxylic acids is 1. The molecule has 0 spiro atoms. The molecule has 3 heterocycles. The molecule has 2 aromatic carbocycles. The van der Waals surface area contributed by atoms with E-state index in [0.717, 1.165) is 57.7 Å². The number of amides is 1. The van der Waals surface area contributed by atoms with E-state index in [1.54, 1.807) is 7.11 Å². The van der Waals surface area contributed by atoms with E-state index in [2.05, 4.69) is 51.1 Å². The topological polar surface area (TPSA) is 36.0 Å². The van der Waals surface area contributed by atoms with Crippen molar-refractivity contribution < 1.29 is 9.53 Å². The molecule has 0 radical (unpaired) electrons. The molecule has 2 atom stereocenters. The Bertz CT molecular complexity index is 876. The van der Waals surface area contributed by atoms with Gasteiger partial charge < -0.3 is 19.4 Å². The van der Waals surface area contributed by atoms with Crippen molar-refractivity contribution in [3.8, 4) is 5.75 Å². The first-order valence-corrected chi connectivity index (χ1v) is 10.8. The Morgan fingerprint density at radius 1 is 0.966 bits per heavy atom. The fraction of sp³-hybridized carbons (Fsp3) is 0.458. The van der Waals surface area contributed by atoms with Crippen molar-refractivity contribution in [1.29, 1.82) is 0 Å². The van der Waals surface area contributed by atoms with Gasteiger partial charge in [-0.2, -0.15) is 0 Å². The van der Waals surface area contributed by atoms with Gasteiger partial charge in [0.2, 0.25) is 5.91 Å². The molecule has 2 fully saturated rings. The third-order valence-electron chi connectivity index (χ3n) is 6.80. The number of nitrogens with zero attached hydrogens (tertiary/aromatic N) is 3. The van der Waals surface area contributed by atoms with E-state index in [4.69, 9.17) is 4.74 Å². The maximum Gasteiger partial charge on any atom is 0.228 e. The lowest BCUT2D eigenvalue weighted by Gasteiger charge is -2.50. The number of para-hydroxylation sites is 1. The first-order valence-electron chi connectivity index (χ1n) is 10.8. The van der Waals surface area contributed by atoms with Gasteiger partial charge in [-0.05, 0) is 55.2 Å². The van der Waals surface area contributed by atoms with Crippen LogP contribution in [0.3, 0.4) is 0 Å². The van der Waals surface area contributed by atoms with Crippen LogP contribution < -0.4 is 14.5 Å². The molecule has 0 saturated carbocycles. The summed E-state index contributed by atoms with van der Waals surface area (Å²) in [6.45, 7) is 4.63. The molecule has 2 aromatic rings. The fourth-order valence-corrected chi connectivity index (χ4v) is 5.24. The first kappa shape index (κ1) is 18.3. The fourth-order valence-electron chi connectivity index (χ4n) is 5.24. The SMILES string of the molecule is COc1ccc(N2CCN3c4ccccc4CC(C(=O)N4CCCC4)C3C2)cc1. The Balaban J connectivity index is 1.44. The largest absolute Gasteiger partial charge is 0.497 e. The van der Waals surface area contributed by atoms with Gasteiger partial charge in [0.05, 0.1) is 19.1 Å². The zero-order valence-corrected chi connectivity index (χ0v) is 17.1. The Morgan fingerprint density at radius 2 is 1.72 bits per heavy atom. The van der Waals surface area contributed by atoms with Gasteiger partial charge in [0, 0.05) is 44.1 Å². The number of likely N-dealkylation sites (tertiary alicyclic amines) is 1. The van der Waals surface area contributed by atoms with Crippen LogP contribution in [0.4, 0.5) is 11.4 Å². The highest BCUT2D eigenvalue weighted by atomic mass is 16.5. The molecule has 0 aliphatic carbocycles. The number of anilines is 2. The number of piperazine rings is 1. The summed E-state index contributed by atoms with van der Waals surface area (Å²) in [6.07, 6.45) is 3.13. The monoisotopic (exact) mass is 391 g/mol. The maximum absolute atomic E-state index is 13.5. The zero-order valence-electron chi connectivity index (χ0n) is 17.1. The molecule has 3 aliphatic rings. The second-order valence-corrected chi connectivity index (χ2v) is 8.38. The summed E-state index contributed by atoms with van der Waals surface area (Å²) >= 11 is 0. The number of carbonyl (C=O) groups is 1. The molecule has 5 rings (SSSR count). The molecular formula is C24H29N3O2. The Hall–Kier alpha value is -2.69. The average molecular weight is 392 g/mol. The van der Waals surface area contributed by atoms with E-state index >= 15 is 0 Å². The van der Waals surface area contributed by atoms with Gasteiger partial charge in [-0.25, -0.2) is 0 Å². The molecule has 0 bridgehead atoms. The summed E-state index contributed by atoms with van der Waals surface area (Å²) < 4.78 is 5.31. The normalized spacial score (nSPS) is 23.6. The van der Waals surface area contributed by atoms with E-state index in [0.29, 0.717) is 5.91 Å². The third-order valence-corrected chi connectivity index (χ3v) is 6.80. The van der Waals surface area contributed by atoms with Crippen LogP contribution in [0.2, 0.25) is 0 Å². The van der Waals surface area contributed by atoms with Crippen molar-refractivity contribution in [1.82, 2.24) is 4.90 Å². The second-order valence-electron chi connectivity index (χ2n) is 8.38. The highest BCUT2D eigenvalue weighted by Crippen LogP contribution is 2.38. The van der Waals surface area contributed by atoms with Crippen molar-refractivity contribution in [2.75, 3.05) is 49.6 Å². The van der Waals surface area contributed by atoms with Crippen LogP contribution in [0, 0.1) is 5.92 Å². The predicted molar refractivity (Wildman–Crippen MR) is 116 cm³/mol. The third kappa shape index (κ3) is 3.33. The summed E-state index contributed by atoms with van der Waals surface area (Å²) in [5.74, 6) is 1.26. The molecular weight excluding hydrogens is 362 g/mol. The summed E-state index contributed by atoms with van der Waals surface area (Å²) in [4.78, 5) is 20.5. The van der Waals surface area contributed by atoms with E-state index < -0.39 is 0 Å². The van der Waals surface area contributed by atoms with Crippen molar-refractivity contribution in [3.63, 3.8) is 0 Å². The number of methoxy groups -OCH3 is 1. The molecule has 3 aliphatic heterocycles. The number of rotatable bonds is 3. The molecule has 0 N–H and O–H groups in total. The van der Waals surface area contributed by atoms with Crippen molar-refractivity contribution in [2.24, 2.45) is 5.92 Å². The van der Waals surface area contributed by atoms with E-state index in [1.165, 1.54) is 16.9 Å². The molecule has 152 valence electrons. The molecule has 1 amide bonds. The average Bonchev–Trinajstić information content (AvgIpc) is 3.33. The van der Waals surface area contributed by atoms with Gasteiger partial charge in [0.25, 0.3) is 0 Å². The van der Waals surface area contributed by atoms with Crippen molar-refractivity contribution in [3.05, 3.63) is 54.1 Å². The van der Waals surface area contributed by atoms with Crippen LogP contribution in [0.1, 0.15) is 18.4 Å². The lowest BCUT2D eigenvalue weighted by molar-refractivity contribution is -0.135. The first-order chi connectivity index (χ1) is 14.2. The standard InChI is InChI=1S/C24H29N3O2/c1-29-20-10-8-19(9-11-20)26-14-15-27-22-7-3-2-6-18(22)16-21(23(27)17-26)24(28)25-12-4-5-13-25/h2-3,6-11,21,23H,4-5,12-17H2,1H3. The Morgan fingerprint density at radius 3 is 2.48 bits per heavy atom. The van der Waals surface area contributed by atoms with Gasteiger partial charge in [0.15, 0.2) is 0 Å². The minimum atomic E-state index is 0.0315. The molecule has 5 heteroatoms. The lowest BCUT2D eigenvalue weighted by Crippen LogP contribution is -2.61. The molecule has 2 unspecified atom stereocenters. The second kappa shape index (κ2) is 7.62. The molecule has 0 aromatic heterocycles. The minimum Gasteiger partial charge on any atom is -0.497 e. The van der Waals surface area contributed by atoms with E-state index in [-0.39, 0.29) is 12.0 Å². The van der Waals surface area contributed by atoms with E-state index in [1.807, 2.05) is 12.1 Å². The Labute approximate surface area is 172 Å². The number of fused-ring (bicyclic) bond motifs is 3. The van der Waals surface area contributed by atoms with Gasteiger partial charge >= 0.3 is 0 Å². The number of ether oxygens (including phenoxy) is 1. The lowest BCUT2D eigenvalue weighted by atomic mass is 9.83. The number of hydrogen-bond acceptors (Lipinski definition) is 4. The highest BCUT2D eigenvalue weighted by molar-refractivity contribution is 5.82. The van der Waals surface area contributed by atoms with Crippen molar-refractivity contribution in [2.45, 2.75) is 25.3 Å². The van der Waals surface area contributed by atoms with Crippen LogP contribution in [0.5, 0.6) is 5.75 Å². The molecule has 2 saturated heterocycles. The minimum absolute atomic E-state index is 0.0315. The number of benzene rings is 2. The van der Waals surface area contributed by atoms with Crippen LogP contribution in [-0.2, 0) is 11.2 Å². The van der Waals surface area contributed by atoms with Gasteiger partial charge in [0.1, 0.15) is 5.75 Å². The maximum atomic E-state index is 13.5. The molecule has 5 nitrogen and oxygen atoms in total. The quantitative estimate of drug-likeness (QED) is 0.805. The summed E-state index contributed by atoms with van der Waals surface area (Å²) in [5.41, 5.74) is 3.84. The summed E-state index contributed by atoms with van der Waals surface area (Å²) in [7, 11) is 1.70. The zero-order chi connectivity index (χ0) is 19.8. The van der Waals surface area contributed by atoms with Crippen molar-refractivity contribution >= 4 is 17.3 Å². The van der Waals surface area contributed by atoms with Crippen LogP contribution in [0.15, 0.2) is 48.5 Å². The van der Waals surface area contributed by atoms with Crippen LogP contribution in [0.25, 0.3) is 0 Å². The predicted octanol–water partition coefficient (Wildman–Crippen LogP) is 3.19. The highest BCUT2D eigenvalue weighted by Gasteiger charge is 2.43. The number of hydrogen-bond donors (Lipinski definition) is 0. The smallest absolute Gasteiger partial charge is 0.228 e.